The van der Waals surface area contributed by atoms with E-state index in [1.807, 2.05) is 177 Å². The quantitative estimate of drug-likeness (QED) is 0.0239. The smallest absolute Gasteiger partial charge is 0.350 e. The van der Waals surface area contributed by atoms with E-state index in [1.165, 1.54) is 36.8 Å². The fourth-order valence-electron chi connectivity index (χ4n) is 16.4. The molecule has 1 aromatic carbocycles. The minimum Gasteiger partial charge on any atom is -0.481 e. The van der Waals surface area contributed by atoms with Gasteiger partial charge in [-0.15, -0.1) is 0 Å². The van der Waals surface area contributed by atoms with E-state index in [0.29, 0.717) is 63.7 Å². The van der Waals surface area contributed by atoms with Crippen molar-refractivity contribution in [2.24, 2.45) is 17.3 Å². The van der Waals surface area contributed by atoms with Gasteiger partial charge in [0.2, 0.25) is 0 Å². The van der Waals surface area contributed by atoms with Gasteiger partial charge in [-0.05, 0) is 262 Å². The number of esters is 2. The fraction of sp³-hybridized carbons (Fsp3) is 0.890. The van der Waals surface area contributed by atoms with Crippen LogP contribution in [0.5, 0.6) is 0 Å². The molecule has 0 saturated carbocycles. The molecule has 5 aliphatic rings. The van der Waals surface area contributed by atoms with Gasteiger partial charge >= 0.3 is 25.5 Å². The number of hydrogen-bond donors (Lipinski definition) is 9. The molecule has 0 spiro atoms. The van der Waals surface area contributed by atoms with Crippen molar-refractivity contribution in [1.29, 1.82) is 0 Å². The van der Waals surface area contributed by atoms with Crippen molar-refractivity contribution in [2.45, 2.75) is 441 Å². The van der Waals surface area contributed by atoms with Gasteiger partial charge in [0.05, 0.1) is 36.8 Å². The highest BCUT2D eigenvalue weighted by molar-refractivity contribution is 7.54. The van der Waals surface area contributed by atoms with Crippen LogP contribution in [-0.2, 0) is 37.5 Å². The van der Waals surface area contributed by atoms with Gasteiger partial charge < -0.3 is 65.2 Å². The van der Waals surface area contributed by atoms with Gasteiger partial charge in [-0.25, -0.2) is 0 Å². The first kappa shape index (κ1) is 102. The zero-order valence-electron chi connectivity index (χ0n) is 73.4. The molecule has 0 aromatic heterocycles. The normalized spacial score (nSPS) is 23.6. The predicted molar refractivity (Wildman–Crippen MR) is 424 cm³/mol. The lowest BCUT2D eigenvalue weighted by Crippen LogP contribution is -2.60. The molecule has 3 atom stereocenters. The van der Waals surface area contributed by atoms with Gasteiger partial charge in [0.1, 0.15) is 18.0 Å². The number of carboxylic acids is 1. The van der Waals surface area contributed by atoms with Crippen molar-refractivity contribution in [1.82, 2.24) is 35.4 Å². The van der Waals surface area contributed by atoms with Crippen molar-refractivity contribution in [3.05, 3.63) is 35.9 Å². The average molecular weight is 1550 g/mol. The van der Waals surface area contributed by atoms with Crippen LogP contribution in [0.2, 0.25) is 0 Å². The second-order valence-corrected chi connectivity index (χ2v) is 42.5. The Morgan fingerprint density at radius 1 is 0.486 bits per heavy atom. The second-order valence-electron chi connectivity index (χ2n) is 40.4. The lowest BCUT2D eigenvalue weighted by Gasteiger charge is -2.50. The molecule has 5 fully saturated rings. The van der Waals surface area contributed by atoms with E-state index < -0.39 is 69.5 Å². The van der Waals surface area contributed by atoms with E-state index in [2.05, 4.69) is 53.7 Å². The predicted octanol–water partition coefficient (Wildman–Crippen LogP) is 19.2. The number of unbranched alkanes of at least 4 members (excludes halogenated alkanes) is 5. The van der Waals surface area contributed by atoms with Crippen LogP contribution in [0.4, 0.5) is 0 Å². The molecule has 0 bridgehead atoms. The molecule has 107 heavy (non-hydrogen) atoms. The van der Waals surface area contributed by atoms with E-state index >= 15 is 0 Å². The van der Waals surface area contributed by atoms with Crippen molar-refractivity contribution in [2.75, 3.05) is 13.2 Å². The van der Waals surface area contributed by atoms with Crippen LogP contribution in [0.3, 0.4) is 0 Å². The highest BCUT2D eigenvalue weighted by Gasteiger charge is 2.55. The number of carbonyl (C=O) groups excluding carboxylic acids is 2. The molecule has 25 heteroatoms. The van der Waals surface area contributed by atoms with Crippen molar-refractivity contribution in [3.63, 3.8) is 0 Å². The average Bonchev–Trinajstić information content (AvgIpc) is 1.68. The molecular formula is C82H160N7O17P. The van der Waals surface area contributed by atoms with Gasteiger partial charge in [0.25, 0.3) is 0 Å². The number of aliphatic hydroxyl groups excluding tert-OH is 1. The molecule has 630 valence electrons. The van der Waals surface area contributed by atoms with Crippen LogP contribution in [0.25, 0.3) is 0 Å². The van der Waals surface area contributed by atoms with Gasteiger partial charge in [0, 0.05) is 99.5 Å². The Labute approximate surface area is 649 Å². The van der Waals surface area contributed by atoms with Crippen LogP contribution in [-0.4, -0.2) is 204 Å². The lowest BCUT2D eigenvalue weighted by molar-refractivity contribution is -0.259. The molecule has 5 aliphatic heterocycles. The first-order valence-corrected chi connectivity index (χ1v) is 41.3. The summed E-state index contributed by atoms with van der Waals surface area (Å²) in [5.74, 6) is -2.01. The number of hydrogen-bond acceptors (Lipinski definition) is 23. The van der Waals surface area contributed by atoms with Crippen LogP contribution in [0.15, 0.2) is 30.3 Å². The van der Waals surface area contributed by atoms with Crippen molar-refractivity contribution in [3.8, 4) is 0 Å². The maximum Gasteiger partial charge on any atom is 0.350 e. The van der Waals surface area contributed by atoms with Crippen LogP contribution < -0.4 is 0 Å². The zero-order chi connectivity index (χ0) is 83.9. The number of piperidine rings is 4. The highest BCUT2D eigenvalue weighted by Crippen LogP contribution is 2.60. The molecule has 0 amide bonds. The summed E-state index contributed by atoms with van der Waals surface area (Å²) in [4.78, 5) is 35.6. The van der Waals surface area contributed by atoms with E-state index in [1.54, 1.807) is 27.7 Å². The number of carbonyl (C=O) groups is 3. The van der Waals surface area contributed by atoms with Crippen LogP contribution in [0, 0.1) is 17.3 Å². The van der Waals surface area contributed by atoms with Crippen LogP contribution >= 0.6 is 7.60 Å². The number of hydroxylamine groups is 14. The van der Waals surface area contributed by atoms with Gasteiger partial charge in [-0.3, -0.25) is 18.9 Å². The molecule has 0 aliphatic carbocycles. The third-order valence-corrected chi connectivity index (χ3v) is 24.3. The van der Waals surface area contributed by atoms with Gasteiger partial charge in [0.15, 0.2) is 0 Å². The summed E-state index contributed by atoms with van der Waals surface area (Å²) in [6, 6.07) is 10.2. The second kappa shape index (κ2) is 40.0. The number of rotatable bonds is 21. The Kier molecular flexibility index (Phi) is 38.2. The summed E-state index contributed by atoms with van der Waals surface area (Å²) in [5, 5.41) is 98.9. The third-order valence-electron chi connectivity index (χ3n) is 21.5. The van der Waals surface area contributed by atoms with E-state index in [9.17, 15) is 60.5 Å². The Balaban J connectivity index is 0.000000685. The molecule has 9 N–H and O–H groups in total. The molecule has 5 saturated heterocycles. The third kappa shape index (κ3) is 30.8. The fourth-order valence-corrected chi connectivity index (χ4v) is 19.0. The topological polar surface area (TPSA) is 310 Å². The monoisotopic (exact) mass is 1550 g/mol. The number of ether oxygens (including phenoxy) is 2. The molecule has 5 heterocycles. The van der Waals surface area contributed by atoms with E-state index in [0.717, 1.165) is 62.0 Å². The summed E-state index contributed by atoms with van der Waals surface area (Å²) in [7, 11) is -3.43. The summed E-state index contributed by atoms with van der Waals surface area (Å²) in [5.41, 5.74) is -3.66. The zero-order valence-corrected chi connectivity index (χ0v) is 74.3. The first-order valence-electron chi connectivity index (χ1n) is 39.7. The SMILES string of the molecule is CC(C)C(c1ccccc1)N(O)C(C)(C)C.CC1(C)CC(C(=O)O)C(C)(C)N1O.CC1(C)CC(O)CC(C)(C)N1O.CC1(C)CC(OC(=O)CCCCCCCCC(=O)OC2CC(C)(C)N(O)C(C)(C)C2)CC(C)(C)N1O.CC1(C)CCCC(C)(C)N1O.CCOP(=O)(OCC)C(N(O)C(C)(C)C)C(C)(C)C. The number of nitrogens with zero attached hydrogens (tertiary/aromatic N) is 7. The minimum atomic E-state index is -3.43. The molecule has 1 aromatic rings. The standard InChI is InChI=1S/C28H52N2O6.C14H23NO.C13H30NO4P.C9H17NO3.C9H19NO2.C9H19NO/c1-25(2)17-21(18-26(3,4)29(25)33)35-23(31)15-13-11-9-10-12-14-16-24(32)36-22-19-27(5,6)30(34)28(7,8)20-22;1-11(2)13(15(16)14(3,4)5)12-9-7-6-8-10-12;1-9-17-19(16,18-10-2)11(12(3,4)5)14(15)13(6,7)8;1-8(2)5-6(7(11)12)9(3,4)10(8)13;1-8(2)5-7(11)6-9(3,4)10(8)12;1-8(2)6-5-7-9(3,4)10(8)11/h21-22,33-34H,9-20H2,1-8H3;6-11,13,16H,1-5H3;11,15H,9-10H2,1-8H3;6,13H,5H2,1-4H3,(H,11,12);7,11-12H,5-6H2,1-4H3;11H,5-7H2,1-4H3. The number of benzene rings is 1. The Bertz CT molecular complexity index is 2740. The highest BCUT2D eigenvalue weighted by atomic mass is 31.2. The number of aliphatic hydroxyl groups is 1. The Morgan fingerprint density at radius 2 is 0.794 bits per heavy atom. The lowest BCUT2D eigenvalue weighted by atomic mass is 9.80. The molecule has 6 rings (SSSR count). The largest absolute Gasteiger partial charge is 0.481 e. The van der Waals surface area contributed by atoms with Crippen molar-refractivity contribution < 1.29 is 84.1 Å². The van der Waals surface area contributed by atoms with E-state index in [-0.39, 0.29) is 77.2 Å². The molecular weight excluding hydrogens is 1390 g/mol. The van der Waals surface area contributed by atoms with E-state index in [4.69, 9.17) is 23.6 Å². The maximum atomic E-state index is 13.0. The summed E-state index contributed by atoms with van der Waals surface area (Å²) >= 11 is 0. The van der Waals surface area contributed by atoms with Gasteiger partial charge in [-0.1, -0.05) is 90.6 Å². The Hall–Kier alpha value is -2.82. The molecule has 24 nitrogen and oxygen atoms in total. The Morgan fingerprint density at radius 3 is 1.06 bits per heavy atom. The summed E-state index contributed by atoms with van der Waals surface area (Å²) < 4.78 is 35.3. The first-order chi connectivity index (χ1) is 48.0. The minimum absolute atomic E-state index is 0.0399. The molecule has 0 radical (unpaired) electrons. The van der Waals surface area contributed by atoms with Crippen molar-refractivity contribution >= 4 is 25.5 Å². The number of carboxylic acid groups (broad SMARTS) is 1. The summed E-state index contributed by atoms with van der Waals surface area (Å²) in [6.07, 6.45) is 13.5. The number of aliphatic carboxylic acids is 1. The van der Waals surface area contributed by atoms with Gasteiger partial charge in [-0.2, -0.15) is 35.4 Å². The molecule has 3 unspecified atom stereocenters. The summed E-state index contributed by atoms with van der Waals surface area (Å²) in [6.45, 7) is 64.8. The maximum absolute atomic E-state index is 13.0. The van der Waals surface area contributed by atoms with Crippen LogP contribution in [0.1, 0.15) is 356 Å².